The van der Waals surface area contributed by atoms with Gasteiger partial charge in [0.25, 0.3) is 5.91 Å². The third-order valence-electron chi connectivity index (χ3n) is 7.31. The molecule has 2 fully saturated rings. The molecule has 10 heteroatoms. The molecule has 0 bridgehead atoms. The predicted octanol–water partition coefficient (Wildman–Crippen LogP) is 5.60. The average molecular weight is 525 g/mol. The van der Waals surface area contributed by atoms with Gasteiger partial charge in [0.1, 0.15) is 23.0 Å². The molecule has 1 saturated carbocycles. The second-order valence-corrected chi connectivity index (χ2v) is 10.1. The third kappa shape index (κ3) is 4.41. The van der Waals surface area contributed by atoms with Crippen LogP contribution in [0, 0.1) is 6.92 Å². The molecule has 4 heterocycles. The van der Waals surface area contributed by atoms with Crippen molar-refractivity contribution in [2.24, 2.45) is 0 Å². The molecule has 3 aromatic heterocycles. The Bertz CT molecular complexity index is 1710. The van der Waals surface area contributed by atoms with E-state index in [0.29, 0.717) is 40.4 Å². The molecular weight excluding hydrogens is 496 g/mol. The summed E-state index contributed by atoms with van der Waals surface area (Å²) in [4.78, 5) is 31.6. The lowest BCUT2D eigenvalue weighted by Gasteiger charge is -2.16. The number of aryl methyl sites for hydroxylation is 1. The van der Waals surface area contributed by atoms with Crippen molar-refractivity contribution in [2.45, 2.75) is 38.7 Å². The standard InChI is InChI=1S/C29H28N6O4/c1-16-31-22-9-7-17(13-24(22)38-16)20-15-30-26-25(20)27(39-19-5-3-4-6-19)34-29(33-26)32-21-10-8-18(14-23(21)37-2)28(36)35-11-12-35/h7-10,13-15,19H,3-6,11-12H2,1-2H3,(H2,30,32,33,34). The molecular formula is C29H28N6O4. The number of oxazole rings is 1. The van der Waals surface area contributed by atoms with Crippen LogP contribution in [0.2, 0.25) is 0 Å². The number of amides is 1. The second-order valence-electron chi connectivity index (χ2n) is 10.1. The summed E-state index contributed by atoms with van der Waals surface area (Å²) in [5, 5.41) is 4.09. The number of nitrogens with one attached hydrogen (secondary N) is 2. The average Bonchev–Trinajstić information content (AvgIpc) is 3.29. The second kappa shape index (κ2) is 9.30. The lowest BCUT2D eigenvalue weighted by Crippen LogP contribution is -2.13. The van der Waals surface area contributed by atoms with Gasteiger partial charge in [-0.3, -0.25) is 4.79 Å². The zero-order chi connectivity index (χ0) is 26.5. The van der Waals surface area contributed by atoms with E-state index in [1.54, 1.807) is 24.1 Å². The van der Waals surface area contributed by atoms with E-state index in [9.17, 15) is 4.79 Å². The van der Waals surface area contributed by atoms with Crippen LogP contribution in [0.5, 0.6) is 11.6 Å². The van der Waals surface area contributed by atoms with E-state index >= 15 is 0 Å². The van der Waals surface area contributed by atoms with Gasteiger partial charge in [-0.1, -0.05) is 6.07 Å². The van der Waals surface area contributed by atoms with Gasteiger partial charge in [-0.2, -0.15) is 9.97 Å². The first-order valence-corrected chi connectivity index (χ1v) is 13.2. The van der Waals surface area contributed by atoms with Gasteiger partial charge in [-0.05, 0) is 61.6 Å². The SMILES string of the molecule is COc1cc(C(=O)N2CC2)ccc1Nc1nc(OC2CCCC2)c2c(-c3ccc4nc(C)oc4c3)c[nH]c2n1. The molecule has 0 atom stereocenters. The van der Waals surface area contributed by atoms with Gasteiger partial charge in [0.05, 0.1) is 18.2 Å². The molecule has 0 unspecified atom stereocenters. The van der Waals surface area contributed by atoms with Crippen LogP contribution < -0.4 is 14.8 Å². The number of aromatic amines is 1. The van der Waals surface area contributed by atoms with E-state index in [-0.39, 0.29) is 12.0 Å². The summed E-state index contributed by atoms with van der Waals surface area (Å²) in [5.41, 5.74) is 5.32. The van der Waals surface area contributed by atoms with Crippen molar-refractivity contribution in [3.05, 3.63) is 54.0 Å². The van der Waals surface area contributed by atoms with Crippen LogP contribution in [-0.4, -0.2) is 57.0 Å². The van der Waals surface area contributed by atoms with Gasteiger partial charge >= 0.3 is 0 Å². The first-order chi connectivity index (χ1) is 19.1. The van der Waals surface area contributed by atoms with Crippen molar-refractivity contribution < 1.29 is 18.7 Å². The van der Waals surface area contributed by atoms with Gasteiger partial charge in [0, 0.05) is 37.3 Å². The largest absolute Gasteiger partial charge is 0.495 e. The van der Waals surface area contributed by atoms with Crippen LogP contribution in [0.1, 0.15) is 41.9 Å². The van der Waals surface area contributed by atoms with E-state index in [1.807, 2.05) is 37.4 Å². The molecule has 39 heavy (non-hydrogen) atoms. The fourth-order valence-electron chi connectivity index (χ4n) is 5.22. The van der Waals surface area contributed by atoms with Gasteiger partial charge < -0.3 is 29.1 Å². The molecule has 2 aliphatic rings. The maximum absolute atomic E-state index is 12.5. The van der Waals surface area contributed by atoms with Crippen LogP contribution in [-0.2, 0) is 0 Å². The van der Waals surface area contributed by atoms with Crippen LogP contribution >= 0.6 is 0 Å². The van der Waals surface area contributed by atoms with Gasteiger partial charge in [0.2, 0.25) is 11.8 Å². The summed E-state index contributed by atoms with van der Waals surface area (Å²) < 4.78 is 17.9. The van der Waals surface area contributed by atoms with Crippen molar-refractivity contribution in [2.75, 3.05) is 25.5 Å². The summed E-state index contributed by atoms with van der Waals surface area (Å²) in [6.07, 6.45) is 6.31. The van der Waals surface area contributed by atoms with Gasteiger partial charge in [-0.15, -0.1) is 0 Å². The van der Waals surface area contributed by atoms with Crippen molar-refractivity contribution in [3.63, 3.8) is 0 Å². The normalized spacial score (nSPS) is 15.3. The molecule has 0 radical (unpaired) electrons. The zero-order valence-corrected chi connectivity index (χ0v) is 21.8. The van der Waals surface area contributed by atoms with Crippen LogP contribution in [0.15, 0.2) is 47.0 Å². The number of H-pyrrole nitrogens is 1. The highest BCUT2D eigenvalue weighted by atomic mass is 16.5. The van der Waals surface area contributed by atoms with Gasteiger partial charge in [0.15, 0.2) is 11.5 Å². The minimum atomic E-state index is 0.00219. The number of ether oxygens (including phenoxy) is 2. The number of nitrogens with zero attached hydrogens (tertiary/aromatic N) is 4. The Morgan fingerprint density at radius 2 is 1.95 bits per heavy atom. The Morgan fingerprint density at radius 3 is 2.74 bits per heavy atom. The Morgan fingerprint density at radius 1 is 1.10 bits per heavy atom. The number of hydrogen-bond donors (Lipinski definition) is 2. The Labute approximate surface area is 224 Å². The van der Waals surface area contributed by atoms with E-state index in [2.05, 4.69) is 15.3 Å². The molecule has 0 spiro atoms. The summed E-state index contributed by atoms with van der Waals surface area (Å²) >= 11 is 0. The lowest BCUT2D eigenvalue weighted by atomic mass is 10.1. The fourth-order valence-corrected chi connectivity index (χ4v) is 5.22. The third-order valence-corrected chi connectivity index (χ3v) is 7.31. The number of benzene rings is 2. The number of anilines is 2. The topological polar surface area (TPSA) is 118 Å². The van der Waals surface area contributed by atoms with Crippen molar-refractivity contribution in [1.29, 1.82) is 0 Å². The molecule has 7 rings (SSSR count). The van der Waals surface area contributed by atoms with E-state index in [1.165, 1.54) is 0 Å². The molecule has 5 aromatic rings. The summed E-state index contributed by atoms with van der Waals surface area (Å²) in [7, 11) is 1.58. The summed E-state index contributed by atoms with van der Waals surface area (Å²) in [6, 6.07) is 11.3. The first kappa shape index (κ1) is 23.5. The molecule has 1 saturated heterocycles. The Kier molecular flexibility index (Phi) is 5.61. The highest BCUT2D eigenvalue weighted by Crippen LogP contribution is 2.38. The minimum absolute atomic E-state index is 0.00219. The first-order valence-electron chi connectivity index (χ1n) is 13.2. The number of hydrogen-bond acceptors (Lipinski definition) is 8. The predicted molar refractivity (Wildman–Crippen MR) is 147 cm³/mol. The number of fused-ring (bicyclic) bond motifs is 2. The molecule has 198 valence electrons. The van der Waals surface area contributed by atoms with Gasteiger partial charge in [-0.25, -0.2) is 4.98 Å². The number of carbonyl (C=O) groups excluding carboxylic acids is 1. The van der Waals surface area contributed by atoms with Crippen molar-refractivity contribution in [3.8, 4) is 22.8 Å². The lowest BCUT2D eigenvalue weighted by molar-refractivity contribution is 0.0885. The quantitative estimate of drug-likeness (QED) is 0.264. The van der Waals surface area contributed by atoms with Crippen LogP contribution in [0.3, 0.4) is 0 Å². The Balaban J connectivity index is 1.28. The van der Waals surface area contributed by atoms with Crippen molar-refractivity contribution >= 4 is 39.7 Å². The molecule has 2 aromatic carbocycles. The number of carbonyl (C=O) groups is 1. The number of methoxy groups -OCH3 is 1. The van der Waals surface area contributed by atoms with E-state index < -0.39 is 0 Å². The maximum Gasteiger partial charge on any atom is 0.254 e. The monoisotopic (exact) mass is 524 g/mol. The van der Waals surface area contributed by atoms with Crippen LogP contribution in [0.25, 0.3) is 33.3 Å². The van der Waals surface area contributed by atoms with Crippen molar-refractivity contribution in [1.82, 2.24) is 24.8 Å². The number of aromatic nitrogens is 4. The molecule has 10 nitrogen and oxygen atoms in total. The fraction of sp³-hybridized carbons (Fsp3) is 0.310. The maximum atomic E-state index is 12.5. The number of rotatable bonds is 7. The van der Waals surface area contributed by atoms with Crippen LogP contribution in [0.4, 0.5) is 11.6 Å². The molecule has 1 amide bonds. The molecule has 2 N–H and O–H groups in total. The Hall–Kier alpha value is -4.60. The van der Waals surface area contributed by atoms with E-state index in [4.69, 9.17) is 23.9 Å². The smallest absolute Gasteiger partial charge is 0.254 e. The van der Waals surface area contributed by atoms with E-state index in [0.717, 1.165) is 66.4 Å². The zero-order valence-electron chi connectivity index (χ0n) is 21.8. The molecule has 1 aliphatic heterocycles. The summed E-state index contributed by atoms with van der Waals surface area (Å²) in [6.45, 7) is 3.43. The molecule has 1 aliphatic carbocycles. The highest BCUT2D eigenvalue weighted by molar-refractivity contribution is 5.99. The minimum Gasteiger partial charge on any atom is -0.495 e. The highest BCUT2D eigenvalue weighted by Gasteiger charge is 2.26. The summed E-state index contributed by atoms with van der Waals surface area (Å²) in [5.74, 6) is 2.05.